The molecule has 3 rings (SSSR count). The topological polar surface area (TPSA) is 67.5 Å². The summed E-state index contributed by atoms with van der Waals surface area (Å²) in [6.07, 6.45) is 0.650. The molecule has 0 saturated carbocycles. The van der Waals surface area contributed by atoms with Crippen molar-refractivity contribution in [3.8, 4) is 0 Å². The summed E-state index contributed by atoms with van der Waals surface area (Å²) in [6.45, 7) is 1.74. The maximum Gasteiger partial charge on any atom is 0.347 e. The summed E-state index contributed by atoms with van der Waals surface area (Å²) in [5.74, 6) is -0.225. The van der Waals surface area contributed by atoms with Gasteiger partial charge in [0, 0.05) is 6.42 Å². The summed E-state index contributed by atoms with van der Waals surface area (Å²) < 4.78 is 1.60. The molecule has 5 nitrogen and oxygen atoms in total. The van der Waals surface area contributed by atoms with Crippen LogP contribution in [0.15, 0.2) is 30.3 Å². The van der Waals surface area contributed by atoms with Crippen molar-refractivity contribution in [2.24, 2.45) is 0 Å². The van der Waals surface area contributed by atoms with Crippen LogP contribution in [0, 0.1) is 6.92 Å². The summed E-state index contributed by atoms with van der Waals surface area (Å²) in [5, 5.41) is 13.4. The zero-order valence-corrected chi connectivity index (χ0v) is 11.0. The van der Waals surface area contributed by atoms with E-state index in [0.717, 1.165) is 16.9 Å². The second-order valence-electron chi connectivity index (χ2n) is 4.21. The third-order valence-electron chi connectivity index (χ3n) is 2.86. The third kappa shape index (κ3) is 2.10. The Labute approximate surface area is 113 Å². The van der Waals surface area contributed by atoms with Crippen molar-refractivity contribution in [2.75, 3.05) is 0 Å². The van der Waals surface area contributed by atoms with Crippen molar-refractivity contribution in [3.63, 3.8) is 0 Å². The van der Waals surface area contributed by atoms with Gasteiger partial charge in [-0.25, -0.2) is 14.3 Å². The number of rotatable bonds is 3. The summed E-state index contributed by atoms with van der Waals surface area (Å²) in [5.41, 5.74) is 1.76. The number of nitrogens with zero attached hydrogens (tertiary/aromatic N) is 3. The predicted molar refractivity (Wildman–Crippen MR) is 71.8 cm³/mol. The molecule has 0 aliphatic heterocycles. The summed E-state index contributed by atoms with van der Waals surface area (Å²) >= 11 is 1.15. The fraction of sp³-hybridized carbons (Fsp3) is 0.154. The van der Waals surface area contributed by atoms with Gasteiger partial charge in [0.25, 0.3) is 0 Å². The summed E-state index contributed by atoms with van der Waals surface area (Å²) in [7, 11) is 0. The Morgan fingerprint density at radius 2 is 2.11 bits per heavy atom. The van der Waals surface area contributed by atoms with E-state index in [1.54, 1.807) is 11.4 Å². The summed E-state index contributed by atoms with van der Waals surface area (Å²) in [4.78, 5) is 16.3. The van der Waals surface area contributed by atoms with Crippen LogP contribution >= 0.6 is 11.3 Å². The lowest BCUT2D eigenvalue weighted by atomic mass is 10.1. The predicted octanol–water partition coefficient (Wildman–Crippen LogP) is 2.39. The monoisotopic (exact) mass is 273 g/mol. The minimum absolute atomic E-state index is 0.293. The van der Waals surface area contributed by atoms with E-state index in [4.69, 9.17) is 5.11 Å². The average Bonchev–Trinajstić information content (AvgIpc) is 2.90. The van der Waals surface area contributed by atoms with Gasteiger partial charge in [-0.15, -0.1) is 5.10 Å². The first-order valence-electron chi connectivity index (χ1n) is 5.77. The number of fused-ring (bicyclic) bond motifs is 1. The van der Waals surface area contributed by atoms with E-state index >= 15 is 0 Å². The van der Waals surface area contributed by atoms with Crippen LogP contribution in [0.1, 0.15) is 26.8 Å². The van der Waals surface area contributed by atoms with E-state index in [2.05, 4.69) is 10.1 Å². The Kier molecular flexibility index (Phi) is 2.79. The molecule has 0 amide bonds. The smallest absolute Gasteiger partial charge is 0.347 e. The molecule has 0 spiro atoms. The SMILES string of the molecule is Cc1c(C(=O)O)sc2nc(Cc3ccccc3)nn12. The highest BCUT2D eigenvalue weighted by molar-refractivity contribution is 7.18. The van der Waals surface area contributed by atoms with Crippen molar-refractivity contribution >= 4 is 22.3 Å². The van der Waals surface area contributed by atoms with Crippen LogP contribution in [-0.4, -0.2) is 25.7 Å². The molecule has 0 saturated heterocycles. The van der Waals surface area contributed by atoms with Gasteiger partial charge < -0.3 is 5.11 Å². The standard InChI is InChI=1S/C13H11N3O2S/c1-8-11(12(17)18)19-13-14-10(15-16(8)13)7-9-5-3-2-4-6-9/h2-6H,7H2,1H3,(H,17,18). The van der Waals surface area contributed by atoms with Crippen LogP contribution in [0.25, 0.3) is 4.96 Å². The maximum atomic E-state index is 11.0. The van der Waals surface area contributed by atoms with Gasteiger partial charge in [0.2, 0.25) is 4.96 Å². The molecule has 0 bridgehead atoms. The minimum atomic E-state index is -0.931. The van der Waals surface area contributed by atoms with Crippen LogP contribution < -0.4 is 0 Å². The summed E-state index contributed by atoms with van der Waals surface area (Å²) in [6, 6.07) is 9.95. The lowest BCUT2D eigenvalue weighted by molar-refractivity contribution is 0.0701. The van der Waals surface area contributed by atoms with Crippen LogP contribution in [0.2, 0.25) is 0 Å². The number of hydrogen-bond acceptors (Lipinski definition) is 4. The molecule has 96 valence electrons. The number of aromatic carboxylic acids is 1. The van der Waals surface area contributed by atoms with Crippen LogP contribution in [0.4, 0.5) is 0 Å². The molecule has 0 fully saturated rings. The minimum Gasteiger partial charge on any atom is -0.477 e. The number of carbonyl (C=O) groups is 1. The Balaban J connectivity index is 1.97. The van der Waals surface area contributed by atoms with E-state index < -0.39 is 5.97 Å². The first-order valence-corrected chi connectivity index (χ1v) is 6.59. The number of thiazole rings is 1. The molecule has 2 heterocycles. The normalized spacial score (nSPS) is 11.0. The lowest BCUT2D eigenvalue weighted by Crippen LogP contribution is -1.99. The number of aryl methyl sites for hydroxylation is 1. The van der Waals surface area contributed by atoms with Crippen molar-refractivity contribution in [3.05, 3.63) is 52.3 Å². The van der Waals surface area contributed by atoms with Gasteiger partial charge in [0.15, 0.2) is 5.82 Å². The van der Waals surface area contributed by atoms with Gasteiger partial charge in [-0.05, 0) is 12.5 Å². The highest BCUT2D eigenvalue weighted by Crippen LogP contribution is 2.21. The van der Waals surface area contributed by atoms with Gasteiger partial charge in [0.1, 0.15) is 4.88 Å². The zero-order chi connectivity index (χ0) is 13.4. The molecule has 0 aliphatic rings. The van der Waals surface area contributed by atoms with Crippen LogP contribution in [-0.2, 0) is 6.42 Å². The van der Waals surface area contributed by atoms with Gasteiger partial charge >= 0.3 is 5.97 Å². The number of hydrogen-bond donors (Lipinski definition) is 1. The lowest BCUT2D eigenvalue weighted by Gasteiger charge is -1.95. The number of benzene rings is 1. The molecular formula is C13H11N3O2S. The van der Waals surface area contributed by atoms with E-state index in [1.165, 1.54) is 0 Å². The van der Waals surface area contributed by atoms with Crippen LogP contribution in [0.5, 0.6) is 0 Å². The zero-order valence-electron chi connectivity index (χ0n) is 10.2. The van der Waals surface area contributed by atoms with Crippen molar-refractivity contribution in [1.29, 1.82) is 0 Å². The van der Waals surface area contributed by atoms with Crippen molar-refractivity contribution in [1.82, 2.24) is 14.6 Å². The molecule has 1 N–H and O–H groups in total. The molecule has 0 unspecified atom stereocenters. The molecule has 2 aromatic heterocycles. The van der Waals surface area contributed by atoms with Gasteiger partial charge in [-0.2, -0.15) is 0 Å². The van der Waals surface area contributed by atoms with Crippen molar-refractivity contribution < 1.29 is 9.90 Å². The van der Waals surface area contributed by atoms with E-state index in [0.29, 0.717) is 27.8 Å². The molecule has 1 aromatic carbocycles. The van der Waals surface area contributed by atoms with E-state index in [1.807, 2.05) is 30.3 Å². The molecular weight excluding hydrogens is 262 g/mol. The van der Waals surface area contributed by atoms with E-state index in [9.17, 15) is 4.79 Å². The highest BCUT2D eigenvalue weighted by Gasteiger charge is 2.17. The molecule has 0 aliphatic carbocycles. The van der Waals surface area contributed by atoms with Gasteiger partial charge in [-0.3, -0.25) is 0 Å². The number of aromatic nitrogens is 3. The first-order chi connectivity index (χ1) is 9.15. The largest absolute Gasteiger partial charge is 0.477 e. The quantitative estimate of drug-likeness (QED) is 0.795. The Hall–Kier alpha value is -2.21. The number of carboxylic acid groups (broad SMARTS) is 1. The fourth-order valence-corrected chi connectivity index (χ4v) is 2.86. The van der Waals surface area contributed by atoms with Crippen molar-refractivity contribution in [2.45, 2.75) is 13.3 Å². The second kappa shape index (κ2) is 4.47. The fourth-order valence-electron chi connectivity index (χ4n) is 1.94. The third-order valence-corrected chi connectivity index (χ3v) is 3.98. The maximum absolute atomic E-state index is 11.0. The number of carboxylic acids is 1. The molecule has 0 radical (unpaired) electrons. The molecule has 0 atom stereocenters. The second-order valence-corrected chi connectivity index (χ2v) is 5.18. The highest BCUT2D eigenvalue weighted by atomic mass is 32.1. The molecule has 3 aromatic rings. The Morgan fingerprint density at radius 1 is 1.37 bits per heavy atom. The Bertz CT molecular complexity index is 746. The van der Waals surface area contributed by atoms with Crippen LogP contribution in [0.3, 0.4) is 0 Å². The Morgan fingerprint density at radius 3 is 2.74 bits per heavy atom. The van der Waals surface area contributed by atoms with E-state index in [-0.39, 0.29) is 0 Å². The molecule has 6 heteroatoms. The molecule has 19 heavy (non-hydrogen) atoms. The first kappa shape index (κ1) is 11.9. The average molecular weight is 273 g/mol. The van der Waals surface area contributed by atoms with Gasteiger partial charge in [0.05, 0.1) is 5.69 Å². The van der Waals surface area contributed by atoms with Gasteiger partial charge in [-0.1, -0.05) is 41.7 Å².